The van der Waals surface area contributed by atoms with Crippen molar-refractivity contribution >= 4 is 11.5 Å². The predicted molar refractivity (Wildman–Crippen MR) is 79.4 cm³/mol. The smallest absolute Gasteiger partial charge is 0.193 e. The number of nitrogens with two attached hydrogens (primary N) is 1. The lowest BCUT2D eigenvalue weighted by atomic mass is 9.82. The van der Waals surface area contributed by atoms with Gasteiger partial charge in [0.15, 0.2) is 5.78 Å². The largest absolute Gasteiger partial charge is 0.399 e. The highest BCUT2D eigenvalue weighted by Crippen LogP contribution is 2.27. The van der Waals surface area contributed by atoms with E-state index in [0.29, 0.717) is 11.3 Å². The molecule has 2 rings (SSSR count). The zero-order valence-electron chi connectivity index (χ0n) is 11.6. The van der Waals surface area contributed by atoms with Gasteiger partial charge in [-0.25, -0.2) is 0 Å². The van der Waals surface area contributed by atoms with E-state index in [9.17, 15) is 4.79 Å². The molecule has 0 aliphatic rings. The quantitative estimate of drug-likeness (QED) is 0.653. The molecule has 0 saturated heterocycles. The summed E-state index contributed by atoms with van der Waals surface area (Å²) in [7, 11) is 0. The van der Waals surface area contributed by atoms with E-state index in [1.807, 2.05) is 24.3 Å². The highest BCUT2D eigenvalue weighted by molar-refractivity contribution is 6.10. The van der Waals surface area contributed by atoms with Crippen LogP contribution in [0.2, 0.25) is 0 Å². The number of carbonyl (C=O) groups excluding carboxylic acids is 1. The molecule has 0 spiro atoms. The number of hydrogen-bond donors (Lipinski definition) is 1. The van der Waals surface area contributed by atoms with Gasteiger partial charge < -0.3 is 5.73 Å². The van der Waals surface area contributed by atoms with Crippen LogP contribution in [-0.4, -0.2) is 5.78 Å². The second-order valence-electron chi connectivity index (χ2n) is 5.75. The zero-order chi connectivity index (χ0) is 14.0. The summed E-state index contributed by atoms with van der Waals surface area (Å²) in [5.74, 6) is 0.0468. The van der Waals surface area contributed by atoms with Gasteiger partial charge in [0.1, 0.15) is 0 Å². The van der Waals surface area contributed by atoms with Crippen LogP contribution in [0, 0.1) is 0 Å². The van der Waals surface area contributed by atoms with Gasteiger partial charge in [0, 0.05) is 16.8 Å². The molecule has 2 N–H and O–H groups in total. The Morgan fingerprint density at radius 2 is 1.53 bits per heavy atom. The summed E-state index contributed by atoms with van der Waals surface area (Å²) in [4.78, 5) is 12.6. The summed E-state index contributed by atoms with van der Waals surface area (Å²) in [6.07, 6.45) is 0. The summed E-state index contributed by atoms with van der Waals surface area (Å²) >= 11 is 0. The second-order valence-corrected chi connectivity index (χ2v) is 5.75. The van der Waals surface area contributed by atoms with Crippen molar-refractivity contribution in [3.63, 3.8) is 0 Å². The van der Waals surface area contributed by atoms with E-state index in [1.54, 1.807) is 24.3 Å². The van der Waals surface area contributed by atoms with Crippen LogP contribution in [-0.2, 0) is 5.41 Å². The van der Waals surface area contributed by atoms with Crippen LogP contribution in [0.4, 0.5) is 5.69 Å². The van der Waals surface area contributed by atoms with Crippen molar-refractivity contribution in [1.29, 1.82) is 0 Å². The van der Waals surface area contributed by atoms with E-state index >= 15 is 0 Å². The van der Waals surface area contributed by atoms with Crippen molar-refractivity contribution in [3.05, 3.63) is 65.2 Å². The highest BCUT2D eigenvalue weighted by atomic mass is 16.1. The average molecular weight is 253 g/mol. The Morgan fingerprint density at radius 1 is 0.947 bits per heavy atom. The maximum atomic E-state index is 12.6. The van der Waals surface area contributed by atoms with Crippen LogP contribution in [0.15, 0.2) is 48.5 Å². The maximum Gasteiger partial charge on any atom is 0.193 e. The molecule has 0 unspecified atom stereocenters. The van der Waals surface area contributed by atoms with Crippen molar-refractivity contribution in [3.8, 4) is 0 Å². The molecule has 0 aliphatic carbocycles. The third kappa shape index (κ3) is 2.84. The monoisotopic (exact) mass is 253 g/mol. The molecule has 0 fully saturated rings. The second kappa shape index (κ2) is 4.88. The lowest BCUT2D eigenvalue weighted by Gasteiger charge is -2.22. The molecule has 19 heavy (non-hydrogen) atoms. The number of carbonyl (C=O) groups is 1. The lowest BCUT2D eigenvalue weighted by molar-refractivity contribution is 0.103. The van der Waals surface area contributed by atoms with E-state index < -0.39 is 0 Å². The molecule has 2 aromatic carbocycles. The molecule has 0 saturated carbocycles. The Hall–Kier alpha value is -2.09. The molecule has 0 radical (unpaired) electrons. The van der Waals surface area contributed by atoms with Crippen molar-refractivity contribution in [2.75, 3.05) is 5.73 Å². The van der Waals surface area contributed by atoms with Crippen LogP contribution in [0.1, 0.15) is 42.3 Å². The molecule has 0 heterocycles. The van der Waals surface area contributed by atoms with Gasteiger partial charge in [0.25, 0.3) is 0 Å². The van der Waals surface area contributed by atoms with Gasteiger partial charge in [-0.1, -0.05) is 45.0 Å². The normalized spacial score (nSPS) is 11.3. The minimum atomic E-state index is -0.0555. The molecular weight excluding hydrogens is 234 g/mol. The van der Waals surface area contributed by atoms with E-state index in [-0.39, 0.29) is 11.2 Å². The minimum Gasteiger partial charge on any atom is -0.399 e. The molecule has 2 nitrogen and oxygen atoms in total. The average Bonchev–Trinajstić information content (AvgIpc) is 2.38. The van der Waals surface area contributed by atoms with Crippen LogP contribution >= 0.6 is 0 Å². The molecule has 0 atom stereocenters. The van der Waals surface area contributed by atoms with E-state index in [4.69, 9.17) is 5.73 Å². The Bertz CT molecular complexity index is 591. The number of hydrogen-bond acceptors (Lipinski definition) is 2. The number of anilines is 1. The van der Waals surface area contributed by atoms with E-state index in [0.717, 1.165) is 11.1 Å². The Kier molecular flexibility index (Phi) is 3.43. The van der Waals surface area contributed by atoms with E-state index in [2.05, 4.69) is 20.8 Å². The van der Waals surface area contributed by atoms with Gasteiger partial charge in [0.2, 0.25) is 0 Å². The first-order chi connectivity index (χ1) is 8.89. The third-order valence-electron chi connectivity index (χ3n) is 3.15. The molecule has 2 heteroatoms. The van der Waals surface area contributed by atoms with Gasteiger partial charge in [0.05, 0.1) is 0 Å². The molecule has 98 valence electrons. The number of nitrogen functional groups attached to an aromatic ring is 1. The van der Waals surface area contributed by atoms with Gasteiger partial charge in [-0.05, 0) is 35.2 Å². The van der Waals surface area contributed by atoms with Crippen LogP contribution in [0.5, 0.6) is 0 Å². The summed E-state index contributed by atoms with van der Waals surface area (Å²) in [6, 6.07) is 14.8. The fourth-order valence-corrected chi connectivity index (χ4v) is 2.13. The fourth-order valence-electron chi connectivity index (χ4n) is 2.13. The zero-order valence-corrected chi connectivity index (χ0v) is 11.6. The van der Waals surface area contributed by atoms with Crippen molar-refractivity contribution in [2.24, 2.45) is 0 Å². The molecule has 0 bridgehead atoms. The molecular formula is C17H19NO. The van der Waals surface area contributed by atoms with Crippen LogP contribution < -0.4 is 5.73 Å². The topological polar surface area (TPSA) is 43.1 Å². The van der Waals surface area contributed by atoms with Gasteiger partial charge >= 0.3 is 0 Å². The van der Waals surface area contributed by atoms with Gasteiger partial charge in [-0.15, -0.1) is 0 Å². The SMILES string of the molecule is CC(C)(C)c1ccccc1C(=O)c1ccc(N)cc1. The standard InChI is InChI=1S/C17H19NO/c1-17(2,3)15-7-5-4-6-14(15)16(19)12-8-10-13(18)11-9-12/h4-11H,18H2,1-3H3. The molecule has 0 amide bonds. The van der Waals surface area contributed by atoms with Crippen LogP contribution in [0.3, 0.4) is 0 Å². The molecule has 0 aromatic heterocycles. The first-order valence-corrected chi connectivity index (χ1v) is 6.39. The van der Waals surface area contributed by atoms with Crippen molar-refractivity contribution in [2.45, 2.75) is 26.2 Å². The van der Waals surface area contributed by atoms with Crippen LogP contribution in [0.25, 0.3) is 0 Å². The number of ketones is 1. The number of benzene rings is 2. The number of rotatable bonds is 2. The van der Waals surface area contributed by atoms with Gasteiger partial charge in [-0.3, -0.25) is 4.79 Å². The molecule has 0 aliphatic heterocycles. The summed E-state index contributed by atoms with van der Waals surface area (Å²) in [5.41, 5.74) is 8.77. The highest BCUT2D eigenvalue weighted by Gasteiger charge is 2.21. The minimum absolute atomic E-state index is 0.0468. The van der Waals surface area contributed by atoms with Crippen molar-refractivity contribution < 1.29 is 4.79 Å². The molecule has 2 aromatic rings. The van der Waals surface area contributed by atoms with Crippen molar-refractivity contribution in [1.82, 2.24) is 0 Å². The first-order valence-electron chi connectivity index (χ1n) is 6.39. The van der Waals surface area contributed by atoms with E-state index in [1.165, 1.54) is 0 Å². The first kappa shape index (κ1) is 13.3. The Labute approximate surface area is 114 Å². The van der Waals surface area contributed by atoms with Gasteiger partial charge in [-0.2, -0.15) is 0 Å². The summed E-state index contributed by atoms with van der Waals surface area (Å²) < 4.78 is 0. The predicted octanol–water partition coefficient (Wildman–Crippen LogP) is 3.80. The fraction of sp³-hybridized carbons (Fsp3) is 0.235. The summed E-state index contributed by atoms with van der Waals surface area (Å²) in [5, 5.41) is 0. The Balaban J connectivity index is 2.48. The third-order valence-corrected chi connectivity index (χ3v) is 3.15. The Morgan fingerprint density at radius 3 is 2.11 bits per heavy atom. The summed E-state index contributed by atoms with van der Waals surface area (Å²) in [6.45, 7) is 6.34. The lowest BCUT2D eigenvalue weighted by Crippen LogP contribution is -2.17. The maximum absolute atomic E-state index is 12.6.